The number of aromatic nitrogens is 3. The average Bonchev–Trinajstić information content (AvgIpc) is 3.00. The van der Waals surface area contributed by atoms with Crippen LogP contribution < -0.4 is 15.0 Å². The number of amides is 1. The van der Waals surface area contributed by atoms with Crippen LogP contribution in [0.25, 0.3) is 0 Å². The van der Waals surface area contributed by atoms with Gasteiger partial charge in [-0.05, 0) is 18.9 Å². The number of ether oxygens (including phenoxy) is 1. The van der Waals surface area contributed by atoms with Gasteiger partial charge in [0.2, 0.25) is 11.8 Å². The molecule has 1 aliphatic heterocycles. The third-order valence-electron chi connectivity index (χ3n) is 3.93. The van der Waals surface area contributed by atoms with Crippen LogP contribution in [-0.2, 0) is 18.4 Å². The topological polar surface area (TPSA) is 72.3 Å². The molecule has 7 nitrogen and oxygen atoms in total. The number of pyridine rings is 1. The molecule has 1 saturated heterocycles. The summed E-state index contributed by atoms with van der Waals surface area (Å²) in [4.78, 5) is 18.8. The minimum absolute atomic E-state index is 0.0675. The average molecular weight is 315 g/mol. The number of aryl methyl sites for hydroxylation is 1. The molecule has 3 rings (SSSR count). The van der Waals surface area contributed by atoms with Crippen LogP contribution in [0.1, 0.15) is 18.5 Å². The van der Waals surface area contributed by atoms with Crippen LogP contribution in [0.3, 0.4) is 0 Å². The van der Waals surface area contributed by atoms with Gasteiger partial charge in [0.1, 0.15) is 0 Å². The summed E-state index contributed by atoms with van der Waals surface area (Å²) >= 11 is 0. The quantitative estimate of drug-likeness (QED) is 0.895. The summed E-state index contributed by atoms with van der Waals surface area (Å²) in [6.45, 7) is 1.25. The van der Waals surface area contributed by atoms with Crippen LogP contribution in [0.15, 0.2) is 30.5 Å². The van der Waals surface area contributed by atoms with E-state index in [2.05, 4.69) is 15.4 Å². The van der Waals surface area contributed by atoms with Gasteiger partial charge in [-0.2, -0.15) is 5.10 Å². The van der Waals surface area contributed by atoms with E-state index in [1.807, 2.05) is 31.4 Å². The predicted octanol–water partition coefficient (Wildman–Crippen LogP) is 1.11. The Balaban J connectivity index is 1.64. The summed E-state index contributed by atoms with van der Waals surface area (Å²) in [5, 5.41) is 7.63. The van der Waals surface area contributed by atoms with Crippen LogP contribution in [0.4, 0.5) is 5.82 Å². The molecule has 3 heterocycles. The molecule has 2 aromatic heterocycles. The van der Waals surface area contributed by atoms with Crippen molar-refractivity contribution in [3.8, 4) is 5.88 Å². The Labute approximate surface area is 135 Å². The molecule has 0 aliphatic carbocycles. The van der Waals surface area contributed by atoms with E-state index in [4.69, 9.17) is 4.74 Å². The predicted molar refractivity (Wildman–Crippen MR) is 86.2 cm³/mol. The zero-order valence-corrected chi connectivity index (χ0v) is 13.4. The minimum atomic E-state index is -0.209. The van der Waals surface area contributed by atoms with Crippen molar-refractivity contribution in [2.75, 3.05) is 18.6 Å². The van der Waals surface area contributed by atoms with Gasteiger partial charge in [0.15, 0.2) is 5.82 Å². The van der Waals surface area contributed by atoms with Crippen molar-refractivity contribution in [2.45, 2.75) is 25.4 Å². The second-order valence-corrected chi connectivity index (χ2v) is 5.58. The zero-order chi connectivity index (χ0) is 16.2. The monoisotopic (exact) mass is 315 g/mol. The number of methoxy groups -OCH3 is 1. The summed E-state index contributed by atoms with van der Waals surface area (Å²) in [5.41, 5.74) is 0.854. The summed E-state index contributed by atoms with van der Waals surface area (Å²) in [7, 11) is 3.44. The first-order chi connectivity index (χ1) is 11.2. The van der Waals surface area contributed by atoms with Gasteiger partial charge in [-0.3, -0.25) is 14.4 Å². The molecule has 1 fully saturated rings. The Hall–Kier alpha value is -2.41. The molecule has 1 amide bonds. The van der Waals surface area contributed by atoms with Crippen LogP contribution in [0.5, 0.6) is 5.88 Å². The standard InChI is InChI=1S/C16H21N5O2/c1-20-10-8-14(19-20)21-9-4-6-13(16(21)22)17-11-12-5-3-7-15(18-12)23-2/h3,5,7-8,10,13,17H,4,6,9,11H2,1-2H3. The highest BCUT2D eigenvalue weighted by Crippen LogP contribution is 2.19. The van der Waals surface area contributed by atoms with Crippen LogP contribution in [0.2, 0.25) is 0 Å². The van der Waals surface area contributed by atoms with Gasteiger partial charge in [0, 0.05) is 38.5 Å². The van der Waals surface area contributed by atoms with Crippen molar-refractivity contribution in [3.63, 3.8) is 0 Å². The van der Waals surface area contributed by atoms with E-state index in [0.29, 0.717) is 24.8 Å². The second kappa shape index (κ2) is 6.78. The third kappa shape index (κ3) is 3.50. The molecular formula is C16H21N5O2. The first kappa shape index (κ1) is 15.5. The van der Waals surface area contributed by atoms with Crippen LogP contribution in [-0.4, -0.2) is 40.4 Å². The van der Waals surface area contributed by atoms with Gasteiger partial charge in [-0.25, -0.2) is 4.98 Å². The van der Waals surface area contributed by atoms with Crippen molar-refractivity contribution >= 4 is 11.7 Å². The first-order valence-corrected chi connectivity index (χ1v) is 7.71. The van der Waals surface area contributed by atoms with E-state index in [1.165, 1.54) is 0 Å². The van der Waals surface area contributed by atoms with Gasteiger partial charge in [0.05, 0.1) is 18.8 Å². The minimum Gasteiger partial charge on any atom is -0.481 e. The molecular weight excluding hydrogens is 294 g/mol. The number of nitrogens with zero attached hydrogens (tertiary/aromatic N) is 4. The lowest BCUT2D eigenvalue weighted by Gasteiger charge is -2.31. The van der Waals surface area contributed by atoms with Crippen molar-refractivity contribution in [3.05, 3.63) is 36.2 Å². The summed E-state index contributed by atoms with van der Waals surface area (Å²) < 4.78 is 6.83. The Morgan fingerprint density at radius 1 is 1.39 bits per heavy atom. The third-order valence-corrected chi connectivity index (χ3v) is 3.93. The molecule has 0 aromatic carbocycles. The van der Waals surface area contributed by atoms with E-state index in [-0.39, 0.29) is 11.9 Å². The van der Waals surface area contributed by atoms with Crippen LogP contribution >= 0.6 is 0 Å². The molecule has 0 radical (unpaired) electrons. The Kier molecular flexibility index (Phi) is 4.57. The highest BCUT2D eigenvalue weighted by atomic mass is 16.5. The molecule has 122 valence electrons. The fourth-order valence-electron chi connectivity index (χ4n) is 2.74. The van der Waals surface area contributed by atoms with Crippen molar-refractivity contribution in [1.82, 2.24) is 20.1 Å². The molecule has 23 heavy (non-hydrogen) atoms. The number of nitrogens with one attached hydrogen (secondary N) is 1. The fraction of sp³-hybridized carbons (Fsp3) is 0.438. The van der Waals surface area contributed by atoms with E-state index >= 15 is 0 Å². The lowest BCUT2D eigenvalue weighted by molar-refractivity contribution is -0.121. The fourth-order valence-corrected chi connectivity index (χ4v) is 2.74. The largest absolute Gasteiger partial charge is 0.481 e. The number of piperidine rings is 1. The lowest BCUT2D eigenvalue weighted by Crippen LogP contribution is -2.50. The number of hydrogen-bond acceptors (Lipinski definition) is 5. The summed E-state index contributed by atoms with van der Waals surface area (Å²) in [6.07, 6.45) is 3.62. The van der Waals surface area contributed by atoms with Crippen molar-refractivity contribution < 1.29 is 9.53 Å². The van der Waals surface area contributed by atoms with E-state index in [9.17, 15) is 4.79 Å². The molecule has 0 bridgehead atoms. The molecule has 1 N–H and O–H groups in total. The number of carbonyl (C=O) groups is 1. The Morgan fingerprint density at radius 3 is 3.00 bits per heavy atom. The smallest absolute Gasteiger partial charge is 0.245 e. The van der Waals surface area contributed by atoms with Crippen molar-refractivity contribution in [2.24, 2.45) is 7.05 Å². The molecule has 0 spiro atoms. The summed E-state index contributed by atoms with van der Waals surface area (Å²) in [6, 6.07) is 7.27. The molecule has 1 atom stereocenters. The van der Waals surface area contributed by atoms with E-state index < -0.39 is 0 Å². The number of rotatable bonds is 5. The number of hydrogen-bond donors (Lipinski definition) is 1. The molecule has 0 saturated carbocycles. The Morgan fingerprint density at radius 2 is 2.26 bits per heavy atom. The van der Waals surface area contributed by atoms with E-state index in [0.717, 1.165) is 18.5 Å². The van der Waals surface area contributed by atoms with E-state index in [1.54, 1.807) is 22.8 Å². The summed E-state index contributed by atoms with van der Waals surface area (Å²) in [5.74, 6) is 1.36. The maximum absolute atomic E-state index is 12.6. The maximum Gasteiger partial charge on any atom is 0.245 e. The molecule has 1 aliphatic rings. The van der Waals surface area contributed by atoms with Crippen LogP contribution in [0, 0.1) is 0 Å². The normalized spacial score (nSPS) is 18.3. The SMILES string of the molecule is COc1cccc(CNC2CCCN(c3ccn(C)n3)C2=O)n1. The van der Waals surface area contributed by atoms with Gasteiger partial charge >= 0.3 is 0 Å². The molecule has 2 aromatic rings. The van der Waals surface area contributed by atoms with Crippen molar-refractivity contribution in [1.29, 1.82) is 0 Å². The maximum atomic E-state index is 12.6. The highest BCUT2D eigenvalue weighted by molar-refractivity contribution is 5.97. The highest BCUT2D eigenvalue weighted by Gasteiger charge is 2.30. The number of anilines is 1. The van der Waals surface area contributed by atoms with Gasteiger partial charge in [-0.1, -0.05) is 6.07 Å². The van der Waals surface area contributed by atoms with Gasteiger partial charge < -0.3 is 10.1 Å². The lowest BCUT2D eigenvalue weighted by atomic mass is 10.0. The Bertz CT molecular complexity index is 685. The van der Waals surface area contributed by atoms with Gasteiger partial charge in [0.25, 0.3) is 0 Å². The first-order valence-electron chi connectivity index (χ1n) is 7.71. The zero-order valence-electron chi connectivity index (χ0n) is 13.4. The number of carbonyl (C=O) groups excluding carboxylic acids is 1. The second-order valence-electron chi connectivity index (χ2n) is 5.58. The molecule has 1 unspecified atom stereocenters. The molecule has 7 heteroatoms. The van der Waals surface area contributed by atoms with Gasteiger partial charge in [-0.15, -0.1) is 0 Å².